The first kappa shape index (κ1) is 12.1. The highest BCUT2D eigenvalue weighted by atomic mass is 16.5. The van der Waals surface area contributed by atoms with Crippen molar-refractivity contribution < 1.29 is 9.53 Å². The smallest absolute Gasteiger partial charge is 0.302 e. The van der Waals surface area contributed by atoms with Crippen molar-refractivity contribution in [3.63, 3.8) is 0 Å². The van der Waals surface area contributed by atoms with Crippen LogP contribution >= 0.6 is 0 Å². The first-order chi connectivity index (χ1) is 7.74. The molecule has 1 aromatic carbocycles. The second-order valence-electron chi connectivity index (χ2n) is 2.97. The molecule has 1 aromatic heterocycles. The maximum absolute atomic E-state index is 9.82. The summed E-state index contributed by atoms with van der Waals surface area (Å²) in [4.78, 5) is 18.1. The summed E-state index contributed by atoms with van der Waals surface area (Å²) in [6, 6.07) is 7.80. The van der Waals surface area contributed by atoms with Crippen molar-refractivity contribution in [2.75, 3.05) is 6.61 Å². The number of carbonyl (C=O) groups excluding carboxylic acids is 1. The van der Waals surface area contributed by atoms with Crippen LogP contribution in [0.5, 0.6) is 0 Å². The average molecular weight is 218 g/mol. The number of rotatable bonds is 1. The molecule has 0 spiro atoms. The SMILES string of the molecule is CCOC(C)=O.c1ccc2nccnc2c1. The summed E-state index contributed by atoms with van der Waals surface area (Å²) in [7, 11) is 0. The van der Waals surface area contributed by atoms with Crippen LogP contribution in [0, 0.1) is 0 Å². The van der Waals surface area contributed by atoms with Crippen molar-refractivity contribution in [2.24, 2.45) is 0 Å². The third-order valence-electron chi connectivity index (χ3n) is 1.72. The standard InChI is InChI=1S/C8H6N2.C4H8O2/c1-2-4-8-7(3-1)9-5-6-10-8;1-3-6-4(2)5/h1-6H;3H2,1-2H3. The largest absolute Gasteiger partial charge is 0.466 e. The van der Waals surface area contributed by atoms with Crippen LogP contribution in [0.15, 0.2) is 36.7 Å². The molecular formula is C12H14N2O2. The lowest BCUT2D eigenvalue weighted by atomic mass is 10.3. The zero-order chi connectivity index (χ0) is 11.8. The van der Waals surface area contributed by atoms with E-state index in [1.165, 1.54) is 6.92 Å². The fourth-order valence-electron chi connectivity index (χ4n) is 1.11. The van der Waals surface area contributed by atoms with Crippen molar-refractivity contribution in [2.45, 2.75) is 13.8 Å². The Labute approximate surface area is 94.3 Å². The maximum atomic E-state index is 9.82. The number of hydrogen-bond acceptors (Lipinski definition) is 4. The highest BCUT2D eigenvalue weighted by molar-refractivity contribution is 5.72. The predicted octanol–water partition coefficient (Wildman–Crippen LogP) is 2.20. The number of ether oxygens (including phenoxy) is 1. The van der Waals surface area contributed by atoms with Gasteiger partial charge in [-0.2, -0.15) is 0 Å². The van der Waals surface area contributed by atoms with Crippen LogP contribution in [-0.4, -0.2) is 22.5 Å². The number of esters is 1. The summed E-state index contributed by atoms with van der Waals surface area (Å²) in [6.07, 6.45) is 3.39. The molecule has 0 fully saturated rings. The van der Waals surface area contributed by atoms with Crippen molar-refractivity contribution in [3.8, 4) is 0 Å². The highest BCUT2D eigenvalue weighted by Crippen LogP contribution is 2.04. The maximum Gasteiger partial charge on any atom is 0.302 e. The van der Waals surface area contributed by atoms with Gasteiger partial charge < -0.3 is 4.74 Å². The third-order valence-corrected chi connectivity index (χ3v) is 1.72. The van der Waals surface area contributed by atoms with Crippen LogP contribution in [0.3, 0.4) is 0 Å². The second-order valence-corrected chi connectivity index (χ2v) is 2.97. The first-order valence-corrected chi connectivity index (χ1v) is 5.03. The Morgan fingerprint density at radius 1 is 1.19 bits per heavy atom. The first-order valence-electron chi connectivity index (χ1n) is 5.03. The van der Waals surface area contributed by atoms with Crippen molar-refractivity contribution in [1.82, 2.24) is 9.97 Å². The van der Waals surface area contributed by atoms with E-state index in [4.69, 9.17) is 0 Å². The van der Waals surface area contributed by atoms with E-state index < -0.39 is 0 Å². The van der Waals surface area contributed by atoms with Crippen molar-refractivity contribution in [3.05, 3.63) is 36.7 Å². The number of para-hydroxylation sites is 2. The van der Waals surface area contributed by atoms with Gasteiger partial charge in [-0.1, -0.05) is 12.1 Å². The molecule has 0 radical (unpaired) electrons. The fourth-order valence-corrected chi connectivity index (χ4v) is 1.11. The van der Waals surface area contributed by atoms with Crippen LogP contribution < -0.4 is 0 Å². The number of carbonyl (C=O) groups is 1. The van der Waals surface area contributed by atoms with Gasteiger partial charge in [0, 0.05) is 19.3 Å². The lowest BCUT2D eigenvalue weighted by Crippen LogP contribution is -1.95. The lowest BCUT2D eigenvalue weighted by molar-refractivity contribution is -0.140. The summed E-state index contributed by atoms with van der Waals surface area (Å²) in [6.45, 7) is 3.65. The normalized spacial score (nSPS) is 9.12. The van der Waals surface area contributed by atoms with Crippen LogP contribution in [0.4, 0.5) is 0 Å². The molecule has 4 heteroatoms. The Kier molecular flexibility index (Phi) is 4.92. The minimum Gasteiger partial charge on any atom is -0.466 e. The molecule has 0 bridgehead atoms. The predicted molar refractivity (Wildman–Crippen MR) is 61.8 cm³/mol. The van der Waals surface area contributed by atoms with Gasteiger partial charge in [-0.05, 0) is 19.1 Å². The molecule has 4 nitrogen and oxygen atoms in total. The molecule has 0 saturated heterocycles. The van der Waals surface area contributed by atoms with Gasteiger partial charge in [0.15, 0.2) is 0 Å². The summed E-state index contributed by atoms with van der Waals surface area (Å²) in [5, 5.41) is 0. The van der Waals surface area contributed by atoms with Gasteiger partial charge >= 0.3 is 5.97 Å². The van der Waals surface area contributed by atoms with Gasteiger partial charge in [0.2, 0.25) is 0 Å². The van der Waals surface area contributed by atoms with Crippen LogP contribution in [-0.2, 0) is 9.53 Å². The Bertz CT molecular complexity index is 392. The molecule has 0 amide bonds. The number of aromatic nitrogens is 2. The minimum atomic E-state index is -0.211. The van der Waals surface area contributed by atoms with Gasteiger partial charge in [0.05, 0.1) is 17.6 Å². The Hall–Kier alpha value is -1.97. The molecule has 0 aliphatic carbocycles. The molecule has 0 atom stereocenters. The van der Waals surface area contributed by atoms with Gasteiger partial charge in [0.25, 0.3) is 0 Å². The number of benzene rings is 1. The van der Waals surface area contributed by atoms with Gasteiger partial charge in [0.1, 0.15) is 0 Å². The number of nitrogens with zero attached hydrogens (tertiary/aromatic N) is 2. The van der Waals surface area contributed by atoms with E-state index in [1.54, 1.807) is 19.3 Å². The average Bonchev–Trinajstić information content (AvgIpc) is 2.30. The third kappa shape index (κ3) is 4.04. The molecule has 84 valence electrons. The van der Waals surface area contributed by atoms with Crippen molar-refractivity contribution >= 4 is 17.0 Å². The van der Waals surface area contributed by atoms with Crippen LogP contribution in [0.25, 0.3) is 11.0 Å². The van der Waals surface area contributed by atoms with Gasteiger partial charge in [-0.25, -0.2) is 0 Å². The Balaban J connectivity index is 0.000000187. The van der Waals surface area contributed by atoms with E-state index >= 15 is 0 Å². The number of fused-ring (bicyclic) bond motifs is 1. The molecule has 1 heterocycles. The van der Waals surface area contributed by atoms with Gasteiger partial charge in [-0.3, -0.25) is 14.8 Å². The zero-order valence-electron chi connectivity index (χ0n) is 9.38. The van der Waals surface area contributed by atoms with E-state index in [-0.39, 0.29) is 5.97 Å². The van der Waals surface area contributed by atoms with E-state index in [1.807, 2.05) is 24.3 Å². The molecule has 0 unspecified atom stereocenters. The minimum absolute atomic E-state index is 0.211. The monoisotopic (exact) mass is 218 g/mol. The van der Waals surface area contributed by atoms with E-state index in [9.17, 15) is 4.79 Å². The Morgan fingerprint density at radius 3 is 2.00 bits per heavy atom. The van der Waals surface area contributed by atoms with Gasteiger partial charge in [-0.15, -0.1) is 0 Å². The van der Waals surface area contributed by atoms with E-state index in [2.05, 4.69) is 14.7 Å². The molecular weight excluding hydrogens is 204 g/mol. The number of hydrogen-bond donors (Lipinski definition) is 0. The second kappa shape index (κ2) is 6.50. The summed E-state index contributed by atoms with van der Waals surface area (Å²) >= 11 is 0. The topological polar surface area (TPSA) is 52.1 Å². The zero-order valence-corrected chi connectivity index (χ0v) is 9.38. The van der Waals surface area contributed by atoms with E-state index in [0.29, 0.717) is 6.61 Å². The van der Waals surface area contributed by atoms with Crippen LogP contribution in [0.2, 0.25) is 0 Å². The molecule has 0 saturated carbocycles. The fraction of sp³-hybridized carbons (Fsp3) is 0.250. The lowest BCUT2D eigenvalue weighted by Gasteiger charge is -1.90. The Morgan fingerprint density at radius 2 is 1.69 bits per heavy atom. The molecule has 2 rings (SSSR count). The molecule has 2 aromatic rings. The highest BCUT2D eigenvalue weighted by Gasteiger charge is 1.88. The quantitative estimate of drug-likeness (QED) is 0.688. The van der Waals surface area contributed by atoms with Crippen LogP contribution in [0.1, 0.15) is 13.8 Å². The molecule has 16 heavy (non-hydrogen) atoms. The molecule has 0 N–H and O–H groups in total. The molecule has 0 aliphatic rings. The molecule has 0 aliphatic heterocycles. The summed E-state index contributed by atoms with van der Waals surface area (Å²) < 4.78 is 4.40. The summed E-state index contributed by atoms with van der Waals surface area (Å²) in [5.41, 5.74) is 1.90. The summed E-state index contributed by atoms with van der Waals surface area (Å²) in [5.74, 6) is -0.211. The van der Waals surface area contributed by atoms with E-state index in [0.717, 1.165) is 11.0 Å². The van der Waals surface area contributed by atoms with Crippen molar-refractivity contribution in [1.29, 1.82) is 0 Å².